The van der Waals surface area contributed by atoms with Crippen molar-refractivity contribution < 1.29 is 18.7 Å². The van der Waals surface area contributed by atoms with Crippen molar-refractivity contribution >= 4 is 21.9 Å². The van der Waals surface area contributed by atoms with E-state index in [9.17, 15) is 13.6 Å². The summed E-state index contributed by atoms with van der Waals surface area (Å²) < 4.78 is 27.9. The molecule has 1 aromatic heterocycles. The molecule has 0 aliphatic carbocycles. The van der Waals surface area contributed by atoms with Crippen molar-refractivity contribution in [3.63, 3.8) is 0 Å². The summed E-state index contributed by atoms with van der Waals surface area (Å²) in [6.07, 6.45) is 0. The average molecular weight is 318 g/mol. The molecule has 0 aliphatic heterocycles. The van der Waals surface area contributed by atoms with Gasteiger partial charge in [0.25, 0.3) is 0 Å². The Labute approximate surface area is 108 Å². The Kier molecular flexibility index (Phi) is 3.12. The molecule has 0 atom stereocenters. The van der Waals surface area contributed by atoms with Crippen molar-refractivity contribution in [2.24, 2.45) is 0 Å². The van der Waals surface area contributed by atoms with Crippen LogP contribution in [-0.2, 0) is 0 Å². The molecule has 94 valence electrons. The Morgan fingerprint density at radius 1 is 1.39 bits per heavy atom. The molecule has 2 aromatic rings. The van der Waals surface area contributed by atoms with E-state index in [1.807, 2.05) is 0 Å². The lowest BCUT2D eigenvalue weighted by Crippen LogP contribution is -2.05. The molecular weight excluding hydrogens is 312 g/mol. The Morgan fingerprint density at radius 3 is 2.61 bits per heavy atom. The van der Waals surface area contributed by atoms with Gasteiger partial charge in [-0.2, -0.15) is 0 Å². The number of rotatable bonds is 2. The van der Waals surface area contributed by atoms with Gasteiger partial charge in [-0.25, -0.2) is 18.3 Å². The second-order valence-electron chi connectivity index (χ2n) is 3.46. The molecule has 1 aromatic carbocycles. The van der Waals surface area contributed by atoms with E-state index in [0.717, 1.165) is 16.8 Å². The van der Waals surface area contributed by atoms with Gasteiger partial charge in [-0.05, 0) is 28.9 Å². The van der Waals surface area contributed by atoms with Gasteiger partial charge < -0.3 is 5.11 Å². The first-order chi connectivity index (χ1) is 8.41. The van der Waals surface area contributed by atoms with Crippen molar-refractivity contribution in [1.82, 2.24) is 15.0 Å². The van der Waals surface area contributed by atoms with Gasteiger partial charge in [0.2, 0.25) is 0 Å². The molecule has 0 saturated heterocycles. The van der Waals surface area contributed by atoms with Crippen LogP contribution in [0.15, 0.2) is 16.6 Å². The number of carboxylic acid groups (broad SMARTS) is 1. The average Bonchev–Trinajstić information content (AvgIpc) is 2.66. The van der Waals surface area contributed by atoms with Gasteiger partial charge in [0.15, 0.2) is 5.69 Å². The van der Waals surface area contributed by atoms with E-state index in [2.05, 4.69) is 26.2 Å². The van der Waals surface area contributed by atoms with E-state index >= 15 is 0 Å². The van der Waals surface area contributed by atoms with E-state index in [1.54, 1.807) is 0 Å². The molecule has 0 fully saturated rings. The van der Waals surface area contributed by atoms with Crippen molar-refractivity contribution in [2.75, 3.05) is 0 Å². The van der Waals surface area contributed by atoms with Crippen LogP contribution in [0.25, 0.3) is 5.69 Å². The Balaban J connectivity index is 2.63. The van der Waals surface area contributed by atoms with Gasteiger partial charge in [-0.1, -0.05) is 5.21 Å². The number of hydrogen-bond donors (Lipinski definition) is 1. The third kappa shape index (κ3) is 1.99. The molecule has 0 aliphatic rings. The number of hydrogen-bond acceptors (Lipinski definition) is 3. The van der Waals surface area contributed by atoms with E-state index in [0.29, 0.717) is 0 Å². The second-order valence-corrected chi connectivity index (χ2v) is 4.31. The maximum absolute atomic E-state index is 13.7. The third-order valence-electron chi connectivity index (χ3n) is 2.32. The maximum atomic E-state index is 13.7. The molecule has 0 saturated carbocycles. The van der Waals surface area contributed by atoms with E-state index in [4.69, 9.17) is 5.11 Å². The standard InChI is InChI=1S/C10H6BrF2N3O2/c1-4-9(10(17)18)14-15-16(4)8-3-6(12)5(11)2-7(8)13/h2-3H,1H3,(H,17,18). The highest BCUT2D eigenvalue weighted by Gasteiger charge is 2.19. The highest BCUT2D eigenvalue weighted by Crippen LogP contribution is 2.23. The fourth-order valence-corrected chi connectivity index (χ4v) is 1.75. The van der Waals surface area contributed by atoms with Crippen LogP contribution in [-0.4, -0.2) is 26.1 Å². The summed E-state index contributed by atoms with van der Waals surface area (Å²) in [6.45, 7) is 1.41. The number of carbonyl (C=O) groups is 1. The zero-order valence-electron chi connectivity index (χ0n) is 8.99. The van der Waals surface area contributed by atoms with Gasteiger partial charge in [0, 0.05) is 6.07 Å². The number of halogens is 3. The maximum Gasteiger partial charge on any atom is 0.358 e. The van der Waals surface area contributed by atoms with Crippen molar-refractivity contribution in [3.8, 4) is 5.69 Å². The fraction of sp³-hybridized carbons (Fsp3) is 0.100. The molecule has 0 unspecified atom stereocenters. The summed E-state index contributed by atoms with van der Waals surface area (Å²) in [6, 6.07) is 1.85. The minimum Gasteiger partial charge on any atom is -0.476 e. The number of aromatic carboxylic acids is 1. The fourth-order valence-electron chi connectivity index (χ4n) is 1.43. The zero-order chi connectivity index (χ0) is 13.4. The largest absolute Gasteiger partial charge is 0.476 e. The van der Waals surface area contributed by atoms with Crippen LogP contribution in [0.4, 0.5) is 8.78 Å². The number of aromatic nitrogens is 3. The number of benzene rings is 1. The normalized spacial score (nSPS) is 10.7. The molecule has 18 heavy (non-hydrogen) atoms. The van der Waals surface area contributed by atoms with Crippen LogP contribution in [0.3, 0.4) is 0 Å². The molecule has 2 rings (SSSR count). The minimum atomic E-state index is -1.28. The lowest BCUT2D eigenvalue weighted by molar-refractivity contribution is 0.0689. The lowest BCUT2D eigenvalue weighted by atomic mass is 10.2. The summed E-state index contributed by atoms with van der Waals surface area (Å²) in [5, 5.41) is 15.7. The smallest absolute Gasteiger partial charge is 0.358 e. The zero-order valence-corrected chi connectivity index (χ0v) is 10.6. The second kappa shape index (κ2) is 4.45. The van der Waals surface area contributed by atoms with Crippen LogP contribution >= 0.6 is 15.9 Å². The summed E-state index contributed by atoms with van der Waals surface area (Å²) in [4.78, 5) is 10.8. The topological polar surface area (TPSA) is 68.0 Å². The van der Waals surface area contributed by atoms with Gasteiger partial charge in [-0.3, -0.25) is 0 Å². The van der Waals surface area contributed by atoms with Gasteiger partial charge in [0.1, 0.15) is 17.3 Å². The molecule has 0 bridgehead atoms. The summed E-state index contributed by atoms with van der Waals surface area (Å²) in [7, 11) is 0. The van der Waals surface area contributed by atoms with Crippen LogP contribution in [0.1, 0.15) is 16.2 Å². The van der Waals surface area contributed by atoms with Crippen molar-refractivity contribution in [2.45, 2.75) is 6.92 Å². The molecule has 8 heteroatoms. The highest BCUT2D eigenvalue weighted by molar-refractivity contribution is 9.10. The summed E-state index contributed by atoms with van der Waals surface area (Å²) in [5.41, 5.74) is -0.394. The van der Waals surface area contributed by atoms with E-state index in [1.165, 1.54) is 6.92 Å². The predicted molar refractivity (Wildman–Crippen MR) is 60.7 cm³/mol. The summed E-state index contributed by atoms with van der Waals surface area (Å²) in [5.74, 6) is -2.71. The first kappa shape index (κ1) is 12.6. The van der Waals surface area contributed by atoms with Gasteiger partial charge >= 0.3 is 5.97 Å². The first-order valence-corrected chi connectivity index (χ1v) is 5.51. The van der Waals surface area contributed by atoms with Gasteiger partial charge in [-0.15, -0.1) is 5.10 Å². The van der Waals surface area contributed by atoms with Crippen LogP contribution in [0.2, 0.25) is 0 Å². The molecule has 1 heterocycles. The summed E-state index contributed by atoms with van der Waals surface area (Å²) >= 11 is 2.85. The SMILES string of the molecule is Cc1c(C(=O)O)nnn1-c1cc(F)c(Br)cc1F. The van der Waals surface area contributed by atoms with Crippen molar-refractivity contribution in [3.05, 3.63) is 39.6 Å². The number of nitrogens with zero attached hydrogens (tertiary/aromatic N) is 3. The Hall–Kier alpha value is -1.83. The van der Waals surface area contributed by atoms with Crippen LogP contribution in [0.5, 0.6) is 0 Å². The number of carboxylic acids is 1. The van der Waals surface area contributed by atoms with Crippen LogP contribution in [0, 0.1) is 18.6 Å². The molecule has 0 radical (unpaired) electrons. The van der Waals surface area contributed by atoms with Gasteiger partial charge in [0.05, 0.1) is 10.2 Å². The van der Waals surface area contributed by atoms with E-state index < -0.39 is 17.6 Å². The Morgan fingerprint density at radius 2 is 2.06 bits per heavy atom. The quantitative estimate of drug-likeness (QED) is 0.863. The minimum absolute atomic E-state index is 0.0278. The molecule has 1 N–H and O–H groups in total. The third-order valence-corrected chi connectivity index (χ3v) is 2.92. The molecular formula is C10H6BrF2N3O2. The van der Waals surface area contributed by atoms with Crippen LogP contribution < -0.4 is 0 Å². The first-order valence-electron chi connectivity index (χ1n) is 4.72. The lowest BCUT2D eigenvalue weighted by Gasteiger charge is -2.06. The molecule has 0 spiro atoms. The molecule has 5 nitrogen and oxygen atoms in total. The van der Waals surface area contributed by atoms with E-state index in [-0.39, 0.29) is 21.5 Å². The highest BCUT2D eigenvalue weighted by atomic mass is 79.9. The Bertz CT molecular complexity index is 642. The van der Waals surface area contributed by atoms with Crippen molar-refractivity contribution in [1.29, 1.82) is 0 Å². The monoisotopic (exact) mass is 317 g/mol. The molecule has 0 amide bonds. The predicted octanol–water partition coefficient (Wildman–Crippen LogP) is 2.31.